The Morgan fingerprint density at radius 2 is 1.88 bits per heavy atom. The van der Waals surface area contributed by atoms with Gasteiger partial charge in [-0.25, -0.2) is 0 Å². The van der Waals surface area contributed by atoms with Crippen molar-refractivity contribution < 1.29 is 0 Å². The highest BCUT2D eigenvalue weighted by molar-refractivity contribution is 5.58. The lowest BCUT2D eigenvalue weighted by Crippen LogP contribution is -1.87. The number of unbranched alkanes of at least 4 members (excludes halogenated alkanes) is 2. The first-order valence-electron chi connectivity index (χ1n) is 6.31. The molecule has 0 saturated carbocycles. The van der Waals surface area contributed by atoms with E-state index in [1.165, 1.54) is 36.8 Å². The molecule has 0 aliphatic rings. The van der Waals surface area contributed by atoms with Crippen molar-refractivity contribution in [2.24, 2.45) is 0 Å². The number of hydrogen-bond acceptors (Lipinski definition) is 1. The van der Waals surface area contributed by atoms with Crippen LogP contribution in [0.1, 0.15) is 31.7 Å². The molecule has 0 atom stereocenters. The van der Waals surface area contributed by atoms with E-state index in [2.05, 4.69) is 42.2 Å². The molecule has 1 nitrogen and oxygen atoms in total. The van der Waals surface area contributed by atoms with Crippen molar-refractivity contribution in [2.75, 3.05) is 0 Å². The van der Waals surface area contributed by atoms with Crippen molar-refractivity contribution in [3.05, 3.63) is 54.2 Å². The zero-order valence-electron chi connectivity index (χ0n) is 10.3. The topological polar surface area (TPSA) is 12.9 Å². The lowest BCUT2D eigenvalue weighted by Gasteiger charge is -2.03. The fourth-order valence-corrected chi connectivity index (χ4v) is 1.91. The number of aromatic nitrogens is 1. The summed E-state index contributed by atoms with van der Waals surface area (Å²) in [7, 11) is 0. The summed E-state index contributed by atoms with van der Waals surface area (Å²) in [6, 6.07) is 15.6. The molecule has 0 unspecified atom stereocenters. The number of rotatable bonds is 5. The van der Waals surface area contributed by atoms with E-state index in [1.807, 2.05) is 12.1 Å². The molecule has 0 fully saturated rings. The minimum Gasteiger partial charge on any atom is -0.256 e. The van der Waals surface area contributed by atoms with Gasteiger partial charge >= 0.3 is 0 Å². The number of pyridine rings is 1. The highest BCUT2D eigenvalue weighted by atomic mass is 14.7. The van der Waals surface area contributed by atoms with Crippen LogP contribution in [-0.4, -0.2) is 4.98 Å². The van der Waals surface area contributed by atoms with Crippen LogP contribution in [0.5, 0.6) is 0 Å². The first-order chi connectivity index (χ1) is 8.40. The molecule has 0 aliphatic carbocycles. The van der Waals surface area contributed by atoms with E-state index < -0.39 is 0 Å². The van der Waals surface area contributed by atoms with E-state index in [1.54, 1.807) is 6.20 Å². The predicted molar refractivity (Wildman–Crippen MR) is 71.7 cm³/mol. The highest BCUT2D eigenvalue weighted by Gasteiger charge is 1.98. The van der Waals surface area contributed by atoms with E-state index in [0.717, 1.165) is 5.69 Å². The minimum atomic E-state index is 1.02. The first-order valence-corrected chi connectivity index (χ1v) is 6.31. The Morgan fingerprint density at radius 3 is 2.53 bits per heavy atom. The van der Waals surface area contributed by atoms with Crippen LogP contribution in [0.2, 0.25) is 0 Å². The summed E-state index contributed by atoms with van der Waals surface area (Å²) in [5.74, 6) is 0. The van der Waals surface area contributed by atoms with Crippen LogP contribution in [0.4, 0.5) is 0 Å². The Labute approximate surface area is 104 Å². The van der Waals surface area contributed by atoms with Gasteiger partial charge in [-0.1, -0.05) is 50.1 Å². The van der Waals surface area contributed by atoms with Crippen LogP contribution in [-0.2, 0) is 6.42 Å². The molecule has 0 bridgehead atoms. The SMILES string of the molecule is CCCCCc1ccc(-c2cc[c]cn2)cc1. The third kappa shape index (κ3) is 3.42. The van der Waals surface area contributed by atoms with Crippen LogP contribution in [0.25, 0.3) is 11.3 Å². The molecular weight excluding hydrogens is 206 g/mol. The van der Waals surface area contributed by atoms with E-state index in [0.29, 0.717) is 0 Å². The maximum Gasteiger partial charge on any atom is 0.0702 e. The van der Waals surface area contributed by atoms with Gasteiger partial charge in [0.15, 0.2) is 0 Å². The van der Waals surface area contributed by atoms with Crippen LogP contribution >= 0.6 is 0 Å². The van der Waals surface area contributed by atoms with Gasteiger partial charge in [-0.15, -0.1) is 0 Å². The standard InChI is InChI=1S/C16H18N/c1-2-3-4-7-14-9-11-15(12-10-14)16-8-5-6-13-17-16/h5,8-13H,2-4,7H2,1H3. The second kappa shape index (κ2) is 6.19. The van der Waals surface area contributed by atoms with Crippen LogP contribution in [0.15, 0.2) is 42.6 Å². The quantitative estimate of drug-likeness (QED) is 0.691. The van der Waals surface area contributed by atoms with Gasteiger partial charge in [0.25, 0.3) is 0 Å². The van der Waals surface area contributed by atoms with Gasteiger partial charge in [-0.2, -0.15) is 0 Å². The molecule has 2 rings (SSSR count). The summed E-state index contributed by atoms with van der Waals surface area (Å²) >= 11 is 0. The van der Waals surface area contributed by atoms with E-state index in [-0.39, 0.29) is 0 Å². The lowest BCUT2D eigenvalue weighted by atomic mass is 10.0. The highest BCUT2D eigenvalue weighted by Crippen LogP contribution is 2.17. The fraction of sp³-hybridized carbons (Fsp3) is 0.312. The zero-order chi connectivity index (χ0) is 11.9. The molecular formula is C16H18N. The van der Waals surface area contributed by atoms with Crippen molar-refractivity contribution in [1.82, 2.24) is 4.98 Å². The predicted octanol–water partition coefficient (Wildman–Crippen LogP) is 4.28. The van der Waals surface area contributed by atoms with Gasteiger partial charge in [0.2, 0.25) is 0 Å². The van der Waals surface area contributed by atoms with Crippen molar-refractivity contribution in [3.63, 3.8) is 0 Å². The zero-order valence-corrected chi connectivity index (χ0v) is 10.3. The largest absolute Gasteiger partial charge is 0.256 e. The van der Waals surface area contributed by atoms with Gasteiger partial charge in [0.1, 0.15) is 0 Å². The Kier molecular flexibility index (Phi) is 4.31. The molecule has 17 heavy (non-hydrogen) atoms. The summed E-state index contributed by atoms with van der Waals surface area (Å²) in [6.07, 6.45) is 6.78. The maximum atomic E-state index is 4.30. The smallest absolute Gasteiger partial charge is 0.0702 e. The third-order valence-corrected chi connectivity index (χ3v) is 2.93. The van der Waals surface area contributed by atoms with Gasteiger partial charge in [0.05, 0.1) is 5.69 Å². The summed E-state index contributed by atoms with van der Waals surface area (Å²) in [5, 5.41) is 0. The normalized spacial score (nSPS) is 10.4. The molecule has 0 saturated heterocycles. The fourth-order valence-electron chi connectivity index (χ4n) is 1.91. The number of aryl methyl sites for hydroxylation is 1. The van der Waals surface area contributed by atoms with Gasteiger partial charge in [-0.3, -0.25) is 4.98 Å². The maximum absolute atomic E-state index is 4.30. The average Bonchev–Trinajstić information content (AvgIpc) is 2.41. The molecule has 0 N–H and O–H groups in total. The minimum absolute atomic E-state index is 1.02. The molecule has 0 aliphatic heterocycles. The number of hydrogen-bond donors (Lipinski definition) is 0. The molecule has 0 amide bonds. The summed E-state index contributed by atoms with van der Waals surface area (Å²) in [6.45, 7) is 2.24. The number of benzene rings is 1. The van der Waals surface area contributed by atoms with Crippen molar-refractivity contribution in [1.29, 1.82) is 0 Å². The van der Waals surface area contributed by atoms with Gasteiger partial charge in [0, 0.05) is 17.8 Å². The average molecular weight is 224 g/mol. The monoisotopic (exact) mass is 224 g/mol. The van der Waals surface area contributed by atoms with Crippen molar-refractivity contribution >= 4 is 0 Å². The molecule has 1 heterocycles. The van der Waals surface area contributed by atoms with Crippen LogP contribution < -0.4 is 0 Å². The van der Waals surface area contributed by atoms with Crippen molar-refractivity contribution in [2.45, 2.75) is 32.6 Å². The van der Waals surface area contributed by atoms with Crippen LogP contribution in [0, 0.1) is 6.07 Å². The second-order valence-corrected chi connectivity index (χ2v) is 4.30. The first kappa shape index (κ1) is 11.8. The number of nitrogens with zero attached hydrogens (tertiary/aromatic N) is 1. The summed E-state index contributed by atoms with van der Waals surface area (Å²) < 4.78 is 0. The second-order valence-electron chi connectivity index (χ2n) is 4.30. The lowest BCUT2D eigenvalue weighted by molar-refractivity contribution is 0.717. The molecule has 1 aromatic heterocycles. The molecule has 1 aromatic carbocycles. The summed E-state index contributed by atoms with van der Waals surface area (Å²) in [5.41, 5.74) is 3.62. The molecule has 1 heteroatoms. The Bertz CT molecular complexity index is 431. The Hall–Kier alpha value is -1.63. The van der Waals surface area contributed by atoms with Gasteiger partial charge in [-0.05, 0) is 24.5 Å². The van der Waals surface area contributed by atoms with E-state index in [4.69, 9.17) is 0 Å². The van der Waals surface area contributed by atoms with E-state index in [9.17, 15) is 0 Å². The molecule has 0 spiro atoms. The Morgan fingerprint density at radius 1 is 1.06 bits per heavy atom. The van der Waals surface area contributed by atoms with Crippen LogP contribution in [0.3, 0.4) is 0 Å². The van der Waals surface area contributed by atoms with Crippen molar-refractivity contribution in [3.8, 4) is 11.3 Å². The molecule has 1 radical (unpaired) electrons. The Balaban J connectivity index is 2.03. The van der Waals surface area contributed by atoms with Gasteiger partial charge < -0.3 is 0 Å². The molecule has 2 aromatic rings. The molecule has 87 valence electrons. The summed E-state index contributed by atoms with van der Waals surface area (Å²) in [4.78, 5) is 4.30. The van der Waals surface area contributed by atoms with E-state index >= 15 is 0 Å². The third-order valence-electron chi connectivity index (χ3n) is 2.93.